The second kappa shape index (κ2) is 9.62. The van der Waals surface area contributed by atoms with Crippen LogP contribution in [0.2, 0.25) is 0 Å². The molecule has 5 rings (SSSR count). The van der Waals surface area contributed by atoms with Crippen molar-refractivity contribution < 1.29 is 17.9 Å². The molecule has 4 aromatic rings. The molecule has 0 bridgehead atoms. The van der Waals surface area contributed by atoms with Crippen LogP contribution in [-0.2, 0) is 27.6 Å². The number of para-hydroxylation sites is 3. The highest BCUT2D eigenvalue weighted by molar-refractivity contribution is 7.92. The quantitative estimate of drug-likeness (QED) is 0.422. The van der Waals surface area contributed by atoms with Crippen LogP contribution in [0, 0.1) is 6.92 Å². The molecular formula is C27H26N4O5S. The molecule has 1 aliphatic rings. The predicted molar refractivity (Wildman–Crippen MR) is 142 cm³/mol. The Kier molecular flexibility index (Phi) is 6.34. The van der Waals surface area contributed by atoms with Gasteiger partial charge < -0.3 is 10.1 Å². The number of benzene rings is 3. The molecule has 1 aliphatic heterocycles. The number of carbonyl (C=O) groups excluding carboxylic acids is 1. The molecule has 0 unspecified atom stereocenters. The highest BCUT2D eigenvalue weighted by atomic mass is 32.2. The lowest BCUT2D eigenvalue weighted by atomic mass is 10.2. The molecule has 0 radical (unpaired) electrons. The third kappa shape index (κ3) is 4.63. The summed E-state index contributed by atoms with van der Waals surface area (Å²) < 4.78 is 37.1. The number of ether oxygens (including phenoxy) is 1. The largest absolute Gasteiger partial charge is 0.476 e. The van der Waals surface area contributed by atoms with Gasteiger partial charge in [-0.2, -0.15) is 0 Å². The predicted octanol–water partition coefficient (Wildman–Crippen LogP) is 3.22. The number of fused-ring (bicyclic) bond motifs is 1. The summed E-state index contributed by atoms with van der Waals surface area (Å²) in [4.78, 5) is 26.6. The fourth-order valence-corrected chi connectivity index (χ4v) is 5.96. The Morgan fingerprint density at radius 2 is 1.59 bits per heavy atom. The normalized spacial score (nSPS) is 15.1. The van der Waals surface area contributed by atoms with E-state index in [1.807, 2.05) is 24.3 Å². The van der Waals surface area contributed by atoms with E-state index in [1.165, 1.54) is 8.99 Å². The monoisotopic (exact) mass is 518 g/mol. The van der Waals surface area contributed by atoms with Gasteiger partial charge in [0.15, 0.2) is 6.10 Å². The van der Waals surface area contributed by atoms with Crippen LogP contribution in [0.4, 0.5) is 11.4 Å². The molecule has 1 N–H and O–H groups in total. The maximum Gasteiger partial charge on any atom is 0.295 e. The van der Waals surface area contributed by atoms with Crippen LogP contribution in [0.15, 0.2) is 89.7 Å². The summed E-state index contributed by atoms with van der Waals surface area (Å²) in [6.45, 7) is 1.50. The molecule has 0 fully saturated rings. The van der Waals surface area contributed by atoms with Crippen LogP contribution in [0.5, 0.6) is 5.75 Å². The fraction of sp³-hybridized carbons (Fsp3) is 0.185. The van der Waals surface area contributed by atoms with E-state index in [1.54, 1.807) is 79.3 Å². The molecule has 9 nitrogen and oxygen atoms in total. The minimum Gasteiger partial charge on any atom is -0.476 e. The highest BCUT2D eigenvalue weighted by Gasteiger charge is 2.37. The zero-order valence-electron chi connectivity index (χ0n) is 20.4. The molecule has 0 saturated carbocycles. The molecular weight excluding hydrogens is 492 g/mol. The van der Waals surface area contributed by atoms with Gasteiger partial charge in [0.25, 0.3) is 11.5 Å². The van der Waals surface area contributed by atoms with E-state index in [0.717, 1.165) is 0 Å². The third-order valence-electron chi connectivity index (χ3n) is 6.36. The first-order valence-corrected chi connectivity index (χ1v) is 13.3. The van der Waals surface area contributed by atoms with Crippen molar-refractivity contribution in [2.24, 2.45) is 7.05 Å². The summed E-state index contributed by atoms with van der Waals surface area (Å²) in [5, 5.41) is 2.69. The van der Waals surface area contributed by atoms with Crippen LogP contribution >= 0.6 is 0 Å². The van der Waals surface area contributed by atoms with Crippen molar-refractivity contribution in [1.82, 2.24) is 9.36 Å². The number of nitrogens with zero attached hydrogens (tertiary/aromatic N) is 3. The van der Waals surface area contributed by atoms with Gasteiger partial charge in [0.2, 0.25) is 10.0 Å². The van der Waals surface area contributed by atoms with Gasteiger partial charge in [0.1, 0.15) is 11.4 Å². The minimum atomic E-state index is -3.84. The first-order chi connectivity index (χ1) is 17.8. The van der Waals surface area contributed by atoms with Gasteiger partial charge in [-0.15, -0.1) is 0 Å². The van der Waals surface area contributed by atoms with Crippen LogP contribution in [0.3, 0.4) is 0 Å². The van der Waals surface area contributed by atoms with Gasteiger partial charge in [-0.1, -0.05) is 60.7 Å². The number of sulfonamides is 1. The van der Waals surface area contributed by atoms with Gasteiger partial charge in [-0.3, -0.25) is 18.6 Å². The van der Waals surface area contributed by atoms with E-state index in [2.05, 4.69) is 5.32 Å². The number of anilines is 2. The lowest BCUT2D eigenvalue weighted by Crippen LogP contribution is -2.49. The zero-order chi connectivity index (χ0) is 26.2. The number of amides is 1. The molecule has 37 heavy (non-hydrogen) atoms. The highest BCUT2D eigenvalue weighted by Crippen LogP contribution is 2.36. The van der Waals surface area contributed by atoms with E-state index < -0.39 is 27.6 Å². The van der Waals surface area contributed by atoms with E-state index >= 15 is 0 Å². The van der Waals surface area contributed by atoms with E-state index in [9.17, 15) is 18.0 Å². The molecule has 1 aromatic heterocycles. The Labute approximate surface area is 214 Å². The summed E-state index contributed by atoms with van der Waals surface area (Å²) in [7, 11) is -2.11. The molecule has 0 saturated heterocycles. The van der Waals surface area contributed by atoms with Gasteiger partial charge in [0.05, 0.1) is 29.4 Å². The molecule has 0 aliphatic carbocycles. The summed E-state index contributed by atoms with van der Waals surface area (Å²) in [5.74, 6) is -0.562. The van der Waals surface area contributed by atoms with Crippen LogP contribution < -0.4 is 19.9 Å². The van der Waals surface area contributed by atoms with Gasteiger partial charge in [-0.25, -0.2) is 13.1 Å². The van der Waals surface area contributed by atoms with Crippen molar-refractivity contribution in [3.8, 4) is 11.4 Å². The van der Waals surface area contributed by atoms with Crippen molar-refractivity contribution in [3.63, 3.8) is 0 Å². The summed E-state index contributed by atoms with van der Waals surface area (Å²) in [6.07, 6.45) is -1.16. The van der Waals surface area contributed by atoms with Gasteiger partial charge in [0, 0.05) is 7.05 Å². The SMILES string of the molecule is Cc1c(NC(=O)[C@@H]2CN(S(=O)(=O)Cc3ccccc3)c3ccccc3O2)c(=O)n(-c2ccccc2)n1C. The van der Waals surface area contributed by atoms with Crippen LogP contribution in [0.25, 0.3) is 5.69 Å². The van der Waals surface area contributed by atoms with Crippen molar-refractivity contribution in [2.45, 2.75) is 18.8 Å². The lowest BCUT2D eigenvalue weighted by Gasteiger charge is -2.34. The third-order valence-corrected chi connectivity index (χ3v) is 8.07. The average molecular weight is 519 g/mol. The standard InChI is InChI=1S/C27H26N4O5S/c1-19-25(27(33)31(29(19)2)21-13-7-4-8-14-21)28-26(32)24-17-30(22-15-9-10-16-23(22)36-24)37(34,35)18-20-11-5-3-6-12-20/h3-16,24H,17-18H2,1-2H3,(H,28,32)/t24-/m0/s1. The number of hydrogen-bond acceptors (Lipinski definition) is 5. The van der Waals surface area contributed by atoms with Crippen molar-refractivity contribution in [2.75, 3.05) is 16.2 Å². The number of carbonyl (C=O) groups is 1. The molecule has 3 aromatic carbocycles. The maximum absolute atomic E-state index is 13.4. The number of rotatable bonds is 6. The number of nitrogens with one attached hydrogen (secondary N) is 1. The second-order valence-corrected chi connectivity index (χ2v) is 10.7. The minimum absolute atomic E-state index is 0.109. The molecule has 1 amide bonds. The van der Waals surface area contributed by atoms with Crippen molar-refractivity contribution >= 4 is 27.3 Å². The fourth-order valence-electron chi connectivity index (χ4n) is 4.38. The van der Waals surface area contributed by atoms with Crippen molar-refractivity contribution in [1.29, 1.82) is 0 Å². The Bertz CT molecular complexity index is 1610. The Morgan fingerprint density at radius 3 is 2.30 bits per heavy atom. The number of hydrogen-bond donors (Lipinski definition) is 1. The molecule has 0 spiro atoms. The number of aromatic nitrogens is 2. The Morgan fingerprint density at radius 1 is 0.973 bits per heavy atom. The smallest absolute Gasteiger partial charge is 0.295 e. The molecule has 10 heteroatoms. The lowest BCUT2D eigenvalue weighted by molar-refractivity contribution is -0.122. The van der Waals surface area contributed by atoms with Crippen molar-refractivity contribution in [3.05, 3.63) is 107 Å². The Balaban J connectivity index is 1.45. The molecule has 1 atom stereocenters. The van der Waals surface area contributed by atoms with E-state index in [4.69, 9.17) is 4.74 Å². The maximum atomic E-state index is 13.4. The van der Waals surface area contributed by atoms with E-state index in [-0.39, 0.29) is 23.7 Å². The van der Waals surface area contributed by atoms with E-state index in [0.29, 0.717) is 22.6 Å². The average Bonchev–Trinajstić information content (AvgIpc) is 3.11. The van der Waals surface area contributed by atoms with Gasteiger partial charge >= 0.3 is 0 Å². The summed E-state index contributed by atoms with van der Waals surface area (Å²) in [5.41, 5.74) is 1.91. The zero-order valence-corrected chi connectivity index (χ0v) is 21.2. The van der Waals surface area contributed by atoms with Crippen LogP contribution in [-0.4, -0.2) is 36.3 Å². The summed E-state index contributed by atoms with van der Waals surface area (Å²) in [6, 6.07) is 24.6. The molecule has 2 heterocycles. The second-order valence-electron chi connectivity index (χ2n) is 8.77. The first-order valence-electron chi connectivity index (χ1n) is 11.7. The van der Waals surface area contributed by atoms with Crippen LogP contribution in [0.1, 0.15) is 11.3 Å². The summed E-state index contributed by atoms with van der Waals surface area (Å²) >= 11 is 0. The van der Waals surface area contributed by atoms with Gasteiger partial charge in [-0.05, 0) is 36.8 Å². The Hall–Kier alpha value is -4.31. The molecule has 190 valence electrons. The first kappa shape index (κ1) is 24.4. The topological polar surface area (TPSA) is 103 Å².